The van der Waals surface area contributed by atoms with Gasteiger partial charge in [-0.2, -0.15) is 0 Å². The van der Waals surface area contributed by atoms with Crippen molar-refractivity contribution >= 4 is 27.8 Å². The number of nitrogens with zero attached hydrogens (tertiary/aromatic N) is 1. The molecule has 0 spiro atoms. The molecule has 1 saturated heterocycles. The molecule has 2 atom stereocenters. The lowest BCUT2D eigenvalue weighted by Crippen LogP contribution is -2.50. The molecule has 2 unspecified atom stereocenters. The van der Waals surface area contributed by atoms with Gasteiger partial charge in [-0.25, -0.2) is 4.79 Å². The quantitative estimate of drug-likeness (QED) is 0.904. The number of piperidine rings is 1. The van der Waals surface area contributed by atoms with E-state index in [9.17, 15) is 14.7 Å². The Morgan fingerprint density at radius 3 is 2.71 bits per heavy atom. The lowest BCUT2D eigenvalue weighted by atomic mass is 9.88. The molecule has 1 heterocycles. The van der Waals surface area contributed by atoms with E-state index in [-0.39, 0.29) is 5.91 Å². The molecule has 114 valence electrons. The maximum absolute atomic E-state index is 12.6. The van der Waals surface area contributed by atoms with Crippen LogP contribution < -0.4 is 0 Å². The summed E-state index contributed by atoms with van der Waals surface area (Å²) in [6.45, 7) is 4.50. The molecule has 1 N–H and O–H groups in total. The van der Waals surface area contributed by atoms with Gasteiger partial charge < -0.3 is 10.0 Å². The van der Waals surface area contributed by atoms with Crippen LogP contribution in [0.15, 0.2) is 22.7 Å². The van der Waals surface area contributed by atoms with Crippen LogP contribution >= 0.6 is 15.9 Å². The first-order valence-electron chi connectivity index (χ1n) is 7.24. The van der Waals surface area contributed by atoms with Crippen molar-refractivity contribution in [3.8, 4) is 0 Å². The molecule has 1 aliphatic heterocycles. The Morgan fingerprint density at radius 1 is 1.43 bits per heavy atom. The van der Waals surface area contributed by atoms with Crippen molar-refractivity contribution in [2.45, 2.75) is 39.2 Å². The van der Waals surface area contributed by atoms with Gasteiger partial charge in [0.15, 0.2) is 0 Å². The highest BCUT2D eigenvalue weighted by Crippen LogP contribution is 2.27. The third-order valence-electron chi connectivity index (χ3n) is 4.24. The molecule has 4 nitrogen and oxygen atoms in total. The fourth-order valence-electron chi connectivity index (χ4n) is 2.83. The van der Waals surface area contributed by atoms with E-state index in [1.807, 2.05) is 13.0 Å². The zero-order valence-corrected chi connectivity index (χ0v) is 13.9. The van der Waals surface area contributed by atoms with E-state index >= 15 is 0 Å². The van der Waals surface area contributed by atoms with Crippen LogP contribution in [0.4, 0.5) is 0 Å². The summed E-state index contributed by atoms with van der Waals surface area (Å²) >= 11 is 3.41. The molecule has 0 aliphatic carbocycles. The summed E-state index contributed by atoms with van der Waals surface area (Å²) in [6, 6.07) is 4.67. The molecule has 1 aromatic carbocycles. The molecule has 2 rings (SSSR count). The monoisotopic (exact) mass is 353 g/mol. The Bertz CT molecular complexity index is 558. The normalized spacial score (nSPS) is 22.1. The van der Waals surface area contributed by atoms with Gasteiger partial charge in [-0.15, -0.1) is 0 Å². The number of carboxylic acids is 1. The number of aryl methyl sites for hydroxylation is 1. The molecule has 0 saturated carbocycles. The maximum atomic E-state index is 12.6. The minimum absolute atomic E-state index is 0.187. The predicted octanol–water partition coefficient (Wildman–Crippen LogP) is 3.47. The second kappa shape index (κ2) is 6.60. The number of carboxylic acid groups (broad SMARTS) is 1. The van der Waals surface area contributed by atoms with Crippen LogP contribution in [0.3, 0.4) is 0 Å². The van der Waals surface area contributed by atoms with Gasteiger partial charge in [0.2, 0.25) is 0 Å². The number of hydrogen-bond donors (Lipinski definition) is 1. The van der Waals surface area contributed by atoms with Crippen LogP contribution in [-0.4, -0.2) is 34.5 Å². The van der Waals surface area contributed by atoms with Gasteiger partial charge in [-0.1, -0.05) is 29.3 Å². The van der Waals surface area contributed by atoms with E-state index in [1.54, 1.807) is 12.1 Å². The Hall–Kier alpha value is -1.36. The van der Waals surface area contributed by atoms with Crippen molar-refractivity contribution in [2.75, 3.05) is 6.54 Å². The average Bonchev–Trinajstić information content (AvgIpc) is 2.48. The number of carbonyl (C=O) groups excluding carboxylic acids is 1. The Morgan fingerprint density at radius 2 is 2.14 bits per heavy atom. The first kappa shape index (κ1) is 16.0. The lowest BCUT2D eigenvalue weighted by Gasteiger charge is -2.37. The fourth-order valence-corrected chi connectivity index (χ4v) is 3.08. The summed E-state index contributed by atoms with van der Waals surface area (Å²) in [7, 11) is 0. The summed E-state index contributed by atoms with van der Waals surface area (Å²) < 4.78 is 0.943. The number of carbonyl (C=O) groups is 2. The first-order chi connectivity index (χ1) is 9.93. The van der Waals surface area contributed by atoms with Crippen LogP contribution in [0, 0.1) is 12.8 Å². The maximum Gasteiger partial charge on any atom is 0.326 e. The molecular weight excluding hydrogens is 334 g/mol. The van der Waals surface area contributed by atoms with Crippen molar-refractivity contribution in [3.63, 3.8) is 0 Å². The van der Waals surface area contributed by atoms with Crippen molar-refractivity contribution in [2.24, 2.45) is 5.92 Å². The van der Waals surface area contributed by atoms with Gasteiger partial charge in [0.1, 0.15) is 6.04 Å². The van der Waals surface area contributed by atoms with Gasteiger partial charge in [0.05, 0.1) is 0 Å². The molecule has 1 fully saturated rings. The third-order valence-corrected chi connectivity index (χ3v) is 5.13. The summed E-state index contributed by atoms with van der Waals surface area (Å²) in [5.74, 6) is -0.704. The molecule has 0 aromatic heterocycles. The van der Waals surface area contributed by atoms with E-state index in [2.05, 4.69) is 22.9 Å². The highest BCUT2D eigenvalue weighted by Gasteiger charge is 2.35. The van der Waals surface area contributed by atoms with Crippen molar-refractivity contribution in [3.05, 3.63) is 33.8 Å². The average molecular weight is 354 g/mol. The molecule has 5 heteroatoms. The topological polar surface area (TPSA) is 57.6 Å². The highest BCUT2D eigenvalue weighted by molar-refractivity contribution is 9.10. The van der Waals surface area contributed by atoms with E-state index in [0.717, 1.165) is 22.9 Å². The molecule has 0 radical (unpaired) electrons. The fraction of sp³-hybridized carbons (Fsp3) is 0.500. The van der Waals surface area contributed by atoms with Crippen LogP contribution in [0.25, 0.3) is 0 Å². The van der Waals surface area contributed by atoms with E-state index in [0.29, 0.717) is 24.4 Å². The molecule has 1 aromatic rings. The Kier molecular flexibility index (Phi) is 5.04. The third kappa shape index (κ3) is 3.46. The van der Waals surface area contributed by atoms with E-state index in [4.69, 9.17) is 0 Å². The number of halogens is 1. The minimum Gasteiger partial charge on any atom is -0.480 e. The Labute approximate surface area is 133 Å². The van der Waals surface area contributed by atoms with Gasteiger partial charge in [-0.3, -0.25) is 4.79 Å². The van der Waals surface area contributed by atoms with Gasteiger partial charge in [0.25, 0.3) is 5.91 Å². The van der Waals surface area contributed by atoms with E-state index < -0.39 is 12.0 Å². The molecule has 0 bridgehead atoms. The van der Waals surface area contributed by atoms with Gasteiger partial charge in [-0.05, 0) is 49.4 Å². The number of aliphatic carboxylic acids is 1. The van der Waals surface area contributed by atoms with Gasteiger partial charge in [0, 0.05) is 16.6 Å². The van der Waals surface area contributed by atoms with Crippen LogP contribution in [0.5, 0.6) is 0 Å². The number of likely N-dealkylation sites (tertiary alicyclic amines) is 1. The second-order valence-electron chi connectivity index (χ2n) is 5.62. The van der Waals surface area contributed by atoms with Crippen molar-refractivity contribution in [1.82, 2.24) is 4.90 Å². The first-order valence-corrected chi connectivity index (χ1v) is 8.03. The van der Waals surface area contributed by atoms with Crippen LogP contribution in [-0.2, 0) is 4.79 Å². The van der Waals surface area contributed by atoms with Gasteiger partial charge >= 0.3 is 5.97 Å². The van der Waals surface area contributed by atoms with Crippen LogP contribution in [0.2, 0.25) is 0 Å². The van der Waals surface area contributed by atoms with Crippen LogP contribution in [0.1, 0.15) is 42.1 Å². The minimum atomic E-state index is -0.907. The zero-order chi connectivity index (χ0) is 15.6. The number of hydrogen-bond acceptors (Lipinski definition) is 2. The smallest absolute Gasteiger partial charge is 0.326 e. The largest absolute Gasteiger partial charge is 0.480 e. The predicted molar refractivity (Wildman–Crippen MR) is 84.4 cm³/mol. The SMILES string of the molecule is CCC1CCN(C(=O)c2ccc(Br)c(C)c2)C(C(=O)O)C1. The van der Waals surface area contributed by atoms with E-state index in [1.165, 1.54) is 4.90 Å². The zero-order valence-electron chi connectivity index (χ0n) is 12.3. The summed E-state index contributed by atoms with van der Waals surface area (Å²) in [5, 5.41) is 9.42. The van der Waals surface area contributed by atoms with Crippen molar-refractivity contribution in [1.29, 1.82) is 0 Å². The molecular formula is C16H20BrNO3. The number of amides is 1. The number of benzene rings is 1. The highest BCUT2D eigenvalue weighted by atomic mass is 79.9. The summed E-state index contributed by atoms with van der Waals surface area (Å²) in [5.41, 5.74) is 1.52. The lowest BCUT2D eigenvalue weighted by molar-refractivity contribution is -0.144. The summed E-state index contributed by atoms with van der Waals surface area (Å²) in [4.78, 5) is 25.6. The molecule has 1 aliphatic rings. The summed E-state index contributed by atoms with van der Waals surface area (Å²) in [6.07, 6.45) is 2.39. The number of rotatable bonds is 3. The second-order valence-corrected chi connectivity index (χ2v) is 6.47. The molecule has 1 amide bonds. The Balaban J connectivity index is 2.24. The standard InChI is InChI=1S/C16H20BrNO3/c1-3-11-6-7-18(14(9-11)16(20)21)15(19)12-4-5-13(17)10(2)8-12/h4-5,8,11,14H,3,6-7,9H2,1-2H3,(H,20,21). The molecule has 21 heavy (non-hydrogen) atoms. The van der Waals surface area contributed by atoms with Crippen molar-refractivity contribution < 1.29 is 14.7 Å².